The summed E-state index contributed by atoms with van der Waals surface area (Å²) in [7, 11) is 0. The molecule has 3 aromatic carbocycles. The van der Waals surface area contributed by atoms with Crippen molar-refractivity contribution < 1.29 is 4.74 Å². The highest BCUT2D eigenvalue weighted by Gasteiger charge is 2.17. The standard InChI is InChI=1S/C29H35N3O/c1-4-31(5-2)18-19-33-29-23(3)32(22-25-14-10-7-11-15-25)28-17-16-26(20-27(28)29)30-21-24-12-8-6-9-13-24/h6-17,20,30H,4-5,18-19,21-22H2,1-3H3. The van der Waals surface area contributed by atoms with Gasteiger partial charge in [0.1, 0.15) is 12.4 Å². The zero-order valence-electron chi connectivity index (χ0n) is 20.1. The van der Waals surface area contributed by atoms with Crippen molar-refractivity contribution in [1.29, 1.82) is 0 Å². The molecule has 4 rings (SSSR count). The molecule has 0 saturated heterocycles. The summed E-state index contributed by atoms with van der Waals surface area (Å²) < 4.78 is 8.80. The molecule has 0 bridgehead atoms. The van der Waals surface area contributed by atoms with Gasteiger partial charge in [0.2, 0.25) is 0 Å². The fourth-order valence-electron chi connectivity index (χ4n) is 4.33. The predicted molar refractivity (Wildman–Crippen MR) is 139 cm³/mol. The SMILES string of the molecule is CCN(CC)CCOc1c(C)n(Cc2ccccc2)c2ccc(NCc3ccccc3)cc12. The van der Waals surface area contributed by atoms with Crippen molar-refractivity contribution in [2.24, 2.45) is 0 Å². The fraction of sp³-hybridized carbons (Fsp3) is 0.310. The van der Waals surface area contributed by atoms with Crippen molar-refractivity contribution in [3.63, 3.8) is 0 Å². The molecule has 1 heterocycles. The number of aromatic nitrogens is 1. The summed E-state index contributed by atoms with van der Waals surface area (Å²) in [6.45, 7) is 11.9. The first-order chi connectivity index (χ1) is 16.2. The van der Waals surface area contributed by atoms with Gasteiger partial charge < -0.3 is 19.5 Å². The molecule has 0 saturated carbocycles. The Bertz CT molecular complexity index is 1150. The van der Waals surface area contributed by atoms with Crippen LogP contribution in [0.25, 0.3) is 10.9 Å². The van der Waals surface area contributed by atoms with Gasteiger partial charge in [-0.2, -0.15) is 0 Å². The quantitative estimate of drug-likeness (QED) is 0.295. The van der Waals surface area contributed by atoms with Crippen LogP contribution in [0.2, 0.25) is 0 Å². The van der Waals surface area contributed by atoms with E-state index in [2.05, 4.69) is 114 Å². The van der Waals surface area contributed by atoms with E-state index >= 15 is 0 Å². The van der Waals surface area contributed by atoms with Crippen molar-refractivity contribution in [2.45, 2.75) is 33.9 Å². The van der Waals surface area contributed by atoms with Crippen molar-refractivity contribution >= 4 is 16.6 Å². The van der Waals surface area contributed by atoms with Gasteiger partial charge in [0.25, 0.3) is 0 Å². The summed E-state index contributed by atoms with van der Waals surface area (Å²) in [5, 5.41) is 4.75. The zero-order valence-corrected chi connectivity index (χ0v) is 20.1. The lowest BCUT2D eigenvalue weighted by molar-refractivity contribution is 0.223. The van der Waals surface area contributed by atoms with E-state index in [1.807, 2.05) is 0 Å². The second-order valence-electron chi connectivity index (χ2n) is 8.43. The highest BCUT2D eigenvalue weighted by Crippen LogP contribution is 2.35. The Morgan fingerprint density at radius 3 is 2.18 bits per heavy atom. The minimum Gasteiger partial charge on any atom is -0.490 e. The van der Waals surface area contributed by atoms with Gasteiger partial charge in [0, 0.05) is 30.7 Å². The van der Waals surface area contributed by atoms with Gasteiger partial charge in [-0.25, -0.2) is 0 Å². The maximum atomic E-state index is 6.43. The molecule has 0 aliphatic rings. The summed E-state index contributed by atoms with van der Waals surface area (Å²) >= 11 is 0. The van der Waals surface area contributed by atoms with Gasteiger partial charge in [-0.3, -0.25) is 0 Å². The summed E-state index contributed by atoms with van der Waals surface area (Å²) in [6, 6.07) is 27.8. The number of hydrogen-bond acceptors (Lipinski definition) is 3. The van der Waals surface area contributed by atoms with Crippen LogP contribution in [0.5, 0.6) is 5.75 Å². The van der Waals surface area contributed by atoms with Crippen molar-refractivity contribution in [3.8, 4) is 5.75 Å². The number of rotatable bonds is 11. The van der Waals surface area contributed by atoms with Gasteiger partial charge >= 0.3 is 0 Å². The second-order valence-corrected chi connectivity index (χ2v) is 8.43. The monoisotopic (exact) mass is 441 g/mol. The molecular formula is C29H35N3O. The summed E-state index contributed by atoms with van der Waals surface area (Å²) in [5.41, 5.74) is 6.05. The molecule has 0 radical (unpaired) electrons. The third-order valence-electron chi connectivity index (χ3n) is 6.34. The molecule has 4 aromatic rings. The van der Waals surface area contributed by atoms with E-state index in [0.717, 1.165) is 44.2 Å². The molecule has 0 spiro atoms. The van der Waals surface area contributed by atoms with Gasteiger partial charge in [0.15, 0.2) is 0 Å². The third-order valence-corrected chi connectivity index (χ3v) is 6.34. The molecule has 1 N–H and O–H groups in total. The van der Waals surface area contributed by atoms with E-state index in [9.17, 15) is 0 Å². The molecule has 0 aliphatic carbocycles. The number of nitrogens with zero attached hydrogens (tertiary/aromatic N) is 2. The van der Waals surface area contributed by atoms with Crippen molar-refractivity contribution in [2.75, 3.05) is 31.6 Å². The van der Waals surface area contributed by atoms with E-state index in [0.29, 0.717) is 6.61 Å². The van der Waals surface area contributed by atoms with Crippen LogP contribution in [0.4, 0.5) is 5.69 Å². The van der Waals surface area contributed by atoms with Crippen LogP contribution in [0, 0.1) is 6.92 Å². The number of nitrogens with one attached hydrogen (secondary N) is 1. The van der Waals surface area contributed by atoms with Crippen LogP contribution >= 0.6 is 0 Å². The molecule has 1 aromatic heterocycles. The number of likely N-dealkylation sites (N-methyl/N-ethyl adjacent to an activating group) is 1. The average Bonchev–Trinajstić information content (AvgIpc) is 3.12. The molecular weight excluding hydrogens is 406 g/mol. The minimum atomic E-state index is 0.689. The molecule has 0 unspecified atom stereocenters. The summed E-state index contributed by atoms with van der Waals surface area (Å²) in [6.07, 6.45) is 0. The molecule has 172 valence electrons. The van der Waals surface area contributed by atoms with E-state index in [-0.39, 0.29) is 0 Å². The third kappa shape index (κ3) is 5.58. The van der Waals surface area contributed by atoms with E-state index in [4.69, 9.17) is 4.74 Å². The lowest BCUT2D eigenvalue weighted by atomic mass is 10.2. The Kier molecular flexibility index (Phi) is 7.69. The maximum absolute atomic E-state index is 6.43. The first-order valence-electron chi connectivity index (χ1n) is 12.0. The van der Waals surface area contributed by atoms with Crippen molar-refractivity contribution in [3.05, 3.63) is 95.7 Å². The molecule has 33 heavy (non-hydrogen) atoms. The maximum Gasteiger partial charge on any atom is 0.147 e. The zero-order chi connectivity index (χ0) is 23.0. The summed E-state index contributed by atoms with van der Waals surface area (Å²) in [5.74, 6) is 0.997. The molecule has 4 heteroatoms. The fourth-order valence-corrected chi connectivity index (χ4v) is 4.33. The van der Waals surface area contributed by atoms with Crippen LogP contribution in [-0.2, 0) is 13.1 Å². The highest BCUT2D eigenvalue weighted by atomic mass is 16.5. The van der Waals surface area contributed by atoms with Crippen LogP contribution in [0.1, 0.15) is 30.7 Å². The highest BCUT2D eigenvalue weighted by molar-refractivity contribution is 5.91. The first kappa shape index (κ1) is 22.9. The Hall–Kier alpha value is -3.24. The molecule has 0 aliphatic heterocycles. The van der Waals surface area contributed by atoms with Gasteiger partial charge in [0.05, 0.1) is 11.2 Å². The van der Waals surface area contributed by atoms with Crippen molar-refractivity contribution in [1.82, 2.24) is 9.47 Å². The summed E-state index contributed by atoms with van der Waals surface area (Å²) in [4.78, 5) is 2.39. The van der Waals surface area contributed by atoms with E-state index in [1.165, 1.54) is 27.7 Å². The van der Waals surface area contributed by atoms with Crippen LogP contribution < -0.4 is 10.1 Å². The van der Waals surface area contributed by atoms with Crippen LogP contribution in [0.3, 0.4) is 0 Å². The van der Waals surface area contributed by atoms with Crippen LogP contribution in [-0.4, -0.2) is 35.7 Å². The largest absolute Gasteiger partial charge is 0.490 e. The van der Waals surface area contributed by atoms with Gasteiger partial charge in [-0.1, -0.05) is 74.5 Å². The lowest BCUT2D eigenvalue weighted by Gasteiger charge is -2.18. The topological polar surface area (TPSA) is 29.4 Å². The number of benzene rings is 3. The lowest BCUT2D eigenvalue weighted by Crippen LogP contribution is -2.28. The number of anilines is 1. The van der Waals surface area contributed by atoms with E-state index < -0.39 is 0 Å². The Balaban J connectivity index is 1.63. The number of ether oxygens (including phenoxy) is 1. The van der Waals surface area contributed by atoms with Crippen LogP contribution in [0.15, 0.2) is 78.9 Å². The normalized spacial score (nSPS) is 11.3. The second kappa shape index (κ2) is 11.1. The Morgan fingerprint density at radius 1 is 0.848 bits per heavy atom. The first-order valence-corrected chi connectivity index (χ1v) is 12.0. The molecule has 4 nitrogen and oxygen atoms in total. The molecule has 0 amide bonds. The van der Waals surface area contributed by atoms with E-state index in [1.54, 1.807) is 0 Å². The molecule has 0 fully saturated rings. The average molecular weight is 442 g/mol. The Labute approximate surface area is 197 Å². The number of fused-ring (bicyclic) bond motifs is 1. The minimum absolute atomic E-state index is 0.689. The number of hydrogen-bond donors (Lipinski definition) is 1. The van der Waals surface area contributed by atoms with Gasteiger partial charge in [-0.15, -0.1) is 0 Å². The van der Waals surface area contributed by atoms with Gasteiger partial charge in [-0.05, 0) is 49.3 Å². The molecule has 0 atom stereocenters. The smallest absolute Gasteiger partial charge is 0.147 e. The predicted octanol–water partition coefficient (Wildman–Crippen LogP) is 6.33. The Morgan fingerprint density at radius 2 is 1.52 bits per heavy atom.